The Balaban J connectivity index is 1.92. The van der Waals surface area contributed by atoms with Crippen molar-refractivity contribution in [1.29, 1.82) is 0 Å². The standard InChI is InChI=1S/C12H15N3O2/c13-11(12(14)3-4-12)7-1-2-9-8(5-7)15-10(16)6-17-9/h1-2,5,11H,3-4,6,13-14H2,(H,15,16). The predicted molar refractivity (Wildman–Crippen MR) is 63.6 cm³/mol. The first-order valence-electron chi connectivity index (χ1n) is 5.69. The Morgan fingerprint density at radius 2 is 2.18 bits per heavy atom. The van der Waals surface area contributed by atoms with Gasteiger partial charge in [-0.3, -0.25) is 4.79 Å². The number of benzene rings is 1. The number of carbonyl (C=O) groups excluding carboxylic acids is 1. The minimum atomic E-state index is -0.270. The van der Waals surface area contributed by atoms with E-state index in [0.717, 1.165) is 18.4 Å². The number of anilines is 1. The summed E-state index contributed by atoms with van der Waals surface area (Å²) in [5.74, 6) is 0.541. The van der Waals surface area contributed by atoms with Gasteiger partial charge in [0.25, 0.3) is 5.91 Å². The summed E-state index contributed by atoms with van der Waals surface area (Å²) in [4.78, 5) is 11.2. The molecule has 1 saturated carbocycles. The third-order valence-electron chi connectivity index (χ3n) is 3.44. The van der Waals surface area contributed by atoms with E-state index in [1.165, 1.54) is 0 Å². The number of hydrogen-bond donors (Lipinski definition) is 3. The highest BCUT2D eigenvalue weighted by Gasteiger charge is 2.44. The van der Waals surface area contributed by atoms with Crippen LogP contribution < -0.4 is 21.5 Å². The summed E-state index contributed by atoms with van der Waals surface area (Å²) >= 11 is 0. The molecule has 1 unspecified atom stereocenters. The van der Waals surface area contributed by atoms with Crippen LogP contribution in [0.15, 0.2) is 18.2 Å². The molecule has 1 heterocycles. The van der Waals surface area contributed by atoms with Gasteiger partial charge < -0.3 is 21.5 Å². The van der Waals surface area contributed by atoms with Crippen molar-refractivity contribution >= 4 is 11.6 Å². The number of rotatable bonds is 2. The van der Waals surface area contributed by atoms with Gasteiger partial charge in [0.15, 0.2) is 6.61 Å². The van der Waals surface area contributed by atoms with E-state index >= 15 is 0 Å². The molecule has 0 radical (unpaired) electrons. The highest BCUT2D eigenvalue weighted by molar-refractivity contribution is 5.95. The molecular weight excluding hydrogens is 218 g/mol. The largest absolute Gasteiger partial charge is 0.482 e. The first kappa shape index (κ1) is 10.6. The molecule has 5 nitrogen and oxygen atoms in total. The zero-order chi connectivity index (χ0) is 12.0. The SMILES string of the molecule is NC(c1ccc2c(c1)NC(=O)CO2)C1(N)CC1. The van der Waals surface area contributed by atoms with Crippen LogP contribution in [0, 0.1) is 0 Å². The fraction of sp³-hybridized carbons (Fsp3) is 0.417. The average molecular weight is 233 g/mol. The summed E-state index contributed by atoms with van der Waals surface area (Å²) in [5.41, 5.74) is 13.6. The van der Waals surface area contributed by atoms with Crippen molar-refractivity contribution in [2.24, 2.45) is 11.5 Å². The Morgan fingerprint density at radius 3 is 2.88 bits per heavy atom. The molecule has 1 aromatic rings. The van der Waals surface area contributed by atoms with Crippen LogP contribution in [0.25, 0.3) is 0 Å². The van der Waals surface area contributed by atoms with Gasteiger partial charge in [-0.25, -0.2) is 0 Å². The average Bonchev–Trinajstić information content (AvgIpc) is 3.06. The maximum Gasteiger partial charge on any atom is 0.262 e. The molecule has 1 atom stereocenters. The van der Waals surface area contributed by atoms with Crippen molar-refractivity contribution in [3.05, 3.63) is 23.8 Å². The van der Waals surface area contributed by atoms with Crippen LogP contribution in [0.4, 0.5) is 5.69 Å². The molecule has 0 aromatic heterocycles. The summed E-state index contributed by atoms with van der Waals surface area (Å²) in [5, 5.41) is 2.77. The number of nitrogens with two attached hydrogens (primary N) is 2. The number of fused-ring (bicyclic) bond motifs is 1. The number of nitrogens with one attached hydrogen (secondary N) is 1. The molecule has 0 bridgehead atoms. The van der Waals surface area contributed by atoms with Gasteiger partial charge in [0, 0.05) is 11.6 Å². The highest BCUT2D eigenvalue weighted by atomic mass is 16.5. The molecule has 5 heteroatoms. The van der Waals surface area contributed by atoms with Crippen molar-refractivity contribution in [2.75, 3.05) is 11.9 Å². The van der Waals surface area contributed by atoms with E-state index in [4.69, 9.17) is 16.2 Å². The van der Waals surface area contributed by atoms with Crippen LogP contribution in [0.2, 0.25) is 0 Å². The topological polar surface area (TPSA) is 90.4 Å². The molecule has 0 saturated heterocycles. The maximum atomic E-state index is 11.2. The second-order valence-electron chi connectivity index (χ2n) is 4.80. The van der Waals surface area contributed by atoms with E-state index in [1.807, 2.05) is 18.2 Å². The molecular formula is C12H15N3O2. The lowest BCUT2D eigenvalue weighted by atomic mass is 9.98. The van der Waals surface area contributed by atoms with Crippen LogP contribution in [0.1, 0.15) is 24.4 Å². The van der Waals surface area contributed by atoms with Crippen LogP contribution >= 0.6 is 0 Å². The molecule has 90 valence electrons. The third kappa shape index (κ3) is 1.77. The van der Waals surface area contributed by atoms with E-state index in [9.17, 15) is 4.79 Å². The zero-order valence-electron chi connectivity index (χ0n) is 9.40. The maximum absolute atomic E-state index is 11.2. The molecule has 1 aromatic carbocycles. The number of amides is 1. The van der Waals surface area contributed by atoms with Crippen LogP contribution in [0.3, 0.4) is 0 Å². The van der Waals surface area contributed by atoms with Crippen molar-refractivity contribution in [2.45, 2.75) is 24.4 Å². The fourth-order valence-corrected chi connectivity index (χ4v) is 2.08. The lowest BCUT2D eigenvalue weighted by Gasteiger charge is -2.23. The van der Waals surface area contributed by atoms with Gasteiger partial charge in [-0.2, -0.15) is 0 Å². The van der Waals surface area contributed by atoms with Crippen molar-refractivity contribution in [3.63, 3.8) is 0 Å². The third-order valence-corrected chi connectivity index (χ3v) is 3.44. The van der Waals surface area contributed by atoms with Crippen LogP contribution in [-0.4, -0.2) is 18.1 Å². The quantitative estimate of drug-likeness (QED) is 0.694. The molecule has 3 rings (SSSR count). The van der Waals surface area contributed by atoms with Gasteiger partial charge in [-0.05, 0) is 30.5 Å². The van der Waals surface area contributed by atoms with Crippen molar-refractivity contribution < 1.29 is 9.53 Å². The molecule has 2 aliphatic rings. The number of hydrogen-bond acceptors (Lipinski definition) is 4. The summed E-state index contributed by atoms with van der Waals surface area (Å²) in [6.07, 6.45) is 1.90. The molecule has 1 aliphatic heterocycles. The van der Waals surface area contributed by atoms with E-state index < -0.39 is 0 Å². The second-order valence-corrected chi connectivity index (χ2v) is 4.80. The first-order chi connectivity index (χ1) is 8.08. The number of ether oxygens (including phenoxy) is 1. The Labute approximate surface area is 99.1 Å². The second kappa shape index (κ2) is 3.45. The van der Waals surface area contributed by atoms with Gasteiger partial charge in [0.1, 0.15) is 5.75 Å². The highest BCUT2D eigenvalue weighted by Crippen LogP contribution is 2.43. The van der Waals surface area contributed by atoms with E-state index in [-0.39, 0.29) is 24.1 Å². The monoisotopic (exact) mass is 233 g/mol. The Bertz CT molecular complexity index is 483. The molecule has 0 spiro atoms. The van der Waals surface area contributed by atoms with Gasteiger partial charge >= 0.3 is 0 Å². The smallest absolute Gasteiger partial charge is 0.262 e. The van der Waals surface area contributed by atoms with E-state index in [2.05, 4.69) is 5.32 Å². The predicted octanol–water partition coefficient (Wildman–Crippen LogP) is 0.509. The Hall–Kier alpha value is -1.59. The molecule has 1 amide bonds. The van der Waals surface area contributed by atoms with E-state index in [0.29, 0.717) is 11.4 Å². The number of carbonyl (C=O) groups is 1. The minimum Gasteiger partial charge on any atom is -0.482 e. The van der Waals surface area contributed by atoms with Gasteiger partial charge in [-0.15, -0.1) is 0 Å². The van der Waals surface area contributed by atoms with Gasteiger partial charge in [0.2, 0.25) is 0 Å². The molecule has 1 aliphatic carbocycles. The van der Waals surface area contributed by atoms with Gasteiger partial charge in [0.05, 0.1) is 5.69 Å². The molecule has 1 fully saturated rings. The Kier molecular flexibility index (Phi) is 2.14. The summed E-state index contributed by atoms with van der Waals surface area (Å²) < 4.78 is 5.29. The van der Waals surface area contributed by atoms with Crippen LogP contribution in [0.5, 0.6) is 5.75 Å². The van der Waals surface area contributed by atoms with Crippen molar-refractivity contribution in [3.8, 4) is 5.75 Å². The summed E-state index contributed by atoms with van der Waals surface area (Å²) in [6, 6.07) is 5.40. The normalized spacial score (nSPS) is 22.1. The fourth-order valence-electron chi connectivity index (χ4n) is 2.08. The zero-order valence-corrected chi connectivity index (χ0v) is 9.40. The summed E-state index contributed by atoms with van der Waals surface area (Å²) in [6.45, 7) is 0.0687. The lowest BCUT2D eigenvalue weighted by Crippen LogP contribution is -2.36. The minimum absolute atomic E-state index is 0.0687. The lowest BCUT2D eigenvalue weighted by molar-refractivity contribution is -0.118. The first-order valence-corrected chi connectivity index (χ1v) is 5.69. The van der Waals surface area contributed by atoms with E-state index in [1.54, 1.807) is 0 Å². The van der Waals surface area contributed by atoms with Gasteiger partial charge in [-0.1, -0.05) is 6.07 Å². The Morgan fingerprint density at radius 1 is 1.41 bits per heavy atom. The van der Waals surface area contributed by atoms with Crippen molar-refractivity contribution in [1.82, 2.24) is 0 Å². The molecule has 5 N–H and O–H groups in total. The molecule has 17 heavy (non-hydrogen) atoms. The van der Waals surface area contributed by atoms with Crippen LogP contribution in [-0.2, 0) is 4.79 Å². The summed E-state index contributed by atoms with van der Waals surface area (Å²) in [7, 11) is 0.